The van der Waals surface area contributed by atoms with E-state index in [9.17, 15) is 4.79 Å². The van der Waals surface area contributed by atoms with Gasteiger partial charge in [-0.05, 0) is 24.3 Å². The van der Waals surface area contributed by atoms with Crippen LogP contribution in [0.2, 0.25) is 0 Å². The van der Waals surface area contributed by atoms with Gasteiger partial charge in [-0.1, -0.05) is 13.2 Å². The van der Waals surface area contributed by atoms with Gasteiger partial charge >= 0.3 is 6.09 Å². The molecule has 0 unspecified atom stereocenters. The largest absolute Gasteiger partial charge is 0.499 e. The number of amides is 1. The smallest absolute Gasteiger partial charge is 0.411 e. The summed E-state index contributed by atoms with van der Waals surface area (Å²) in [6.07, 6.45) is 2.08. The minimum atomic E-state index is -0.560. The molecule has 0 saturated heterocycles. The summed E-state index contributed by atoms with van der Waals surface area (Å²) in [6.45, 7) is 8.09. The third kappa shape index (κ3) is 9.34. The van der Waals surface area contributed by atoms with Crippen molar-refractivity contribution in [2.24, 2.45) is 0 Å². The van der Waals surface area contributed by atoms with Gasteiger partial charge in [0.05, 0.1) is 24.8 Å². The van der Waals surface area contributed by atoms with E-state index in [1.165, 1.54) is 12.5 Å². The van der Waals surface area contributed by atoms with Crippen molar-refractivity contribution in [2.45, 2.75) is 0 Å². The molecule has 1 rings (SSSR count). The van der Waals surface area contributed by atoms with Gasteiger partial charge in [-0.2, -0.15) is 0 Å². The molecule has 0 atom stereocenters. The molecule has 1 aromatic carbocycles. The van der Waals surface area contributed by atoms with Crippen LogP contribution in [0, 0.1) is 0 Å². The first-order valence-corrected chi connectivity index (χ1v) is 7.20. The Morgan fingerprint density at radius 3 is 2.25 bits per heavy atom. The van der Waals surface area contributed by atoms with Crippen LogP contribution in [0.4, 0.5) is 16.2 Å². The number of anilines is 2. The minimum Gasteiger partial charge on any atom is -0.499 e. The summed E-state index contributed by atoms with van der Waals surface area (Å²) in [5.74, 6) is 0. The highest BCUT2D eigenvalue weighted by molar-refractivity contribution is 5.84. The van der Waals surface area contributed by atoms with Crippen LogP contribution in [-0.2, 0) is 23.8 Å². The third-order valence-electron chi connectivity index (χ3n) is 2.48. The van der Waals surface area contributed by atoms with Crippen molar-refractivity contribution < 1.29 is 28.6 Å². The Bertz CT molecular complexity index is 492. The first kappa shape index (κ1) is 19.3. The van der Waals surface area contributed by atoms with Crippen molar-refractivity contribution in [3.63, 3.8) is 0 Å². The predicted molar refractivity (Wildman–Crippen MR) is 89.2 cm³/mol. The molecule has 2 N–H and O–H groups in total. The Hall–Kier alpha value is -2.71. The SMILES string of the molecule is C=COCCOCONc1ccc(NC(=O)OCCOC=C)cc1. The van der Waals surface area contributed by atoms with Crippen molar-refractivity contribution in [1.82, 2.24) is 0 Å². The van der Waals surface area contributed by atoms with E-state index in [4.69, 9.17) is 23.8 Å². The zero-order chi connectivity index (χ0) is 17.5. The Morgan fingerprint density at radius 2 is 1.58 bits per heavy atom. The number of nitrogens with one attached hydrogen (secondary N) is 2. The van der Waals surface area contributed by atoms with Crippen LogP contribution in [0.25, 0.3) is 0 Å². The molecule has 0 radical (unpaired) electrons. The summed E-state index contributed by atoms with van der Waals surface area (Å²) in [5, 5.41) is 2.58. The van der Waals surface area contributed by atoms with Crippen LogP contribution >= 0.6 is 0 Å². The van der Waals surface area contributed by atoms with Gasteiger partial charge in [0.25, 0.3) is 0 Å². The number of carbonyl (C=O) groups excluding carboxylic acids is 1. The average molecular weight is 338 g/mol. The fraction of sp³-hybridized carbons (Fsp3) is 0.312. The quantitative estimate of drug-likeness (QED) is 0.247. The molecule has 1 amide bonds. The molecule has 0 aliphatic rings. The Labute approximate surface area is 140 Å². The van der Waals surface area contributed by atoms with Crippen LogP contribution < -0.4 is 10.8 Å². The summed E-state index contributed by atoms with van der Waals surface area (Å²) >= 11 is 0. The molecule has 0 spiro atoms. The van der Waals surface area contributed by atoms with Crippen LogP contribution in [-0.4, -0.2) is 39.3 Å². The van der Waals surface area contributed by atoms with Crippen molar-refractivity contribution in [1.29, 1.82) is 0 Å². The number of hydrogen-bond donors (Lipinski definition) is 2. The third-order valence-corrected chi connectivity index (χ3v) is 2.48. The summed E-state index contributed by atoms with van der Waals surface area (Å²) < 4.78 is 19.8. The van der Waals surface area contributed by atoms with E-state index in [0.29, 0.717) is 24.6 Å². The topological polar surface area (TPSA) is 87.3 Å². The molecule has 1 aromatic rings. The number of ether oxygens (including phenoxy) is 4. The molecule has 8 heteroatoms. The minimum absolute atomic E-state index is 0.0691. The monoisotopic (exact) mass is 338 g/mol. The molecule has 0 heterocycles. The van der Waals surface area contributed by atoms with Gasteiger partial charge in [0.15, 0.2) is 6.79 Å². The second-order valence-electron chi connectivity index (χ2n) is 4.19. The van der Waals surface area contributed by atoms with E-state index in [0.717, 1.165) is 0 Å². The number of benzene rings is 1. The van der Waals surface area contributed by atoms with Crippen molar-refractivity contribution in [3.05, 3.63) is 49.9 Å². The number of carbonyl (C=O) groups is 1. The Morgan fingerprint density at radius 1 is 0.958 bits per heavy atom. The molecule has 0 aromatic heterocycles. The highest BCUT2D eigenvalue weighted by Crippen LogP contribution is 2.13. The molecule has 0 aliphatic heterocycles. The van der Waals surface area contributed by atoms with E-state index in [-0.39, 0.29) is 20.0 Å². The maximum Gasteiger partial charge on any atom is 0.411 e. The van der Waals surface area contributed by atoms with Crippen LogP contribution in [0.3, 0.4) is 0 Å². The standard InChI is InChI=1S/C16H22N2O6/c1-3-20-9-10-22-13-24-18-15-7-5-14(6-8-15)17-16(19)23-12-11-21-4-2/h3-8,18H,1-2,9-13H2,(H,17,19). The predicted octanol–water partition coefficient (Wildman–Crippen LogP) is 2.87. The van der Waals surface area contributed by atoms with Gasteiger partial charge in [0.2, 0.25) is 0 Å². The molecule has 0 fully saturated rings. The summed E-state index contributed by atoms with van der Waals surface area (Å²) in [5.41, 5.74) is 4.01. The molecular formula is C16H22N2O6. The summed E-state index contributed by atoms with van der Waals surface area (Å²) in [6, 6.07) is 6.87. The van der Waals surface area contributed by atoms with Gasteiger partial charge in [-0.15, -0.1) is 0 Å². The lowest BCUT2D eigenvalue weighted by Crippen LogP contribution is -2.16. The Balaban J connectivity index is 2.17. The highest BCUT2D eigenvalue weighted by Gasteiger charge is 2.03. The van der Waals surface area contributed by atoms with E-state index < -0.39 is 6.09 Å². The fourth-order valence-electron chi connectivity index (χ4n) is 1.45. The maximum absolute atomic E-state index is 11.5. The summed E-state index contributed by atoms with van der Waals surface area (Å²) in [4.78, 5) is 16.6. The first-order chi connectivity index (χ1) is 11.8. The zero-order valence-corrected chi connectivity index (χ0v) is 13.4. The van der Waals surface area contributed by atoms with Gasteiger partial charge in [-0.3, -0.25) is 10.8 Å². The molecule has 0 saturated carbocycles. The van der Waals surface area contributed by atoms with Crippen LogP contribution in [0.1, 0.15) is 0 Å². The molecule has 0 aliphatic carbocycles. The summed E-state index contributed by atoms with van der Waals surface area (Å²) in [7, 11) is 0. The fourth-order valence-corrected chi connectivity index (χ4v) is 1.45. The van der Waals surface area contributed by atoms with E-state index in [1.54, 1.807) is 24.3 Å². The van der Waals surface area contributed by atoms with Gasteiger partial charge < -0.3 is 18.9 Å². The van der Waals surface area contributed by atoms with Crippen molar-refractivity contribution >= 4 is 17.5 Å². The number of hydrogen-bond acceptors (Lipinski definition) is 7. The van der Waals surface area contributed by atoms with E-state index >= 15 is 0 Å². The lowest BCUT2D eigenvalue weighted by molar-refractivity contribution is -0.0432. The lowest BCUT2D eigenvalue weighted by atomic mass is 10.3. The average Bonchev–Trinajstić information content (AvgIpc) is 2.59. The molecule has 0 bridgehead atoms. The first-order valence-electron chi connectivity index (χ1n) is 7.20. The Kier molecular flexibility index (Phi) is 10.3. The number of rotatable bonds is 13. The second-order valence-corrected chi connectivity index (χ2v) is 4.19. The van der Waals surface area contributed by atoms with Crippen LogP contribution in [0.15, 0.2) is 49.9 Å². The van der Waals surface area contributed by atoms with Gasteiger partial charge in [-0.25, -0.2) is 9.63 Å². The molecule has 24 heavy (non-hydrogen) atoms. The van der Waals surface area contributed by atoms with Gasteiger partial charge in [0, 0.05) is 5.69 Å². The van der Waals surface area contributed by atoms with Crippen molar-refractivity contribution in [2.75, 3.05) is 44.0 Å². The molecule has 132 valence electrons. The second kappa shape index (κ2) is 12.8. The van der Waals surface area contributed by atoms with Gasteiger partial charge in [0.1, 0.15) is 19.8 Å². The molecular weight excluding hydrogens is 316 g/mol. The molecule has 8 nitrogen and oxygen atoms in total. The van der Waals surface area contributed by atoms with E-state index in [1.807, 2.05) is 0 Å². The van der Waals surface area contributed by atoms with E-state index in [2.05, 4.69) is 24.0 Å². The van der Waals surface area contributed by atoms with Crippen molar-refractivity contribution in [3.8, 4) is 0 Å². The maximum atomic E-state index is 11.5. The van der Waals surface area contributed by atoms with Crippen LogP contribution in [0.5, 0.6) is 0 Å². The zero-order valence-electron chi connectivity index (χ0n) is 13.4. The lowest BCUT2D eigenvalue weighted by Gasteiger charge is -2.09. The normalized spacial score (nSPS) is 9.67. The highest BCUT2D eigenvalue weighted by atomic mass is 16.8.